The molecule has 0 bridgehead atoms. The molecule has 0 aliphatic heterocycles. The fourth-order valence-electron chi connectivity index (χ4n) is 1.69. The molecule has 0 amide bonds. The van der Waals surface area contributed by atoms with Gasteiger partial charge in [0.25, 0.3) is 0 Å². The average Bonchev–Trinajstić information content (AvgIpc) is 2.42. The molecular weight excluding hydrogens is 326 g/mol. The first kappa shape index (κ1) is 14.4. The standard InChI is InChI=1S/C15H15BrClNO/c1-3-10(2)11-4-6-13(7-5-11)19-15-14(16)8-12(17)9-18-15/h4-10H,3H2,1-2H3. The van der Waals surface area contributed by atoms with E-state index < -0.39 is 0 Å². The molecule has 1 atom stereocenters. The smallest absolute Gasteiger partial charge is 0.233 e. The van der Waals surface area contributed by atoms with Crippen molar-refractivity contribution in [3.8, 4) is 11.6 Å². The zero-order valence-electron chi connectivity index (χ0n) is 10.9. The molecule has 100 valence electrons. The number of pyridine rings is 1. The molecular formula is C15H15BrClNO. The number of ether oxygens (including phenoxy) is 1. The van der Waals surface area contributed by atoms with Crippen molar-refractivity contribution < 1.29 is 4.74 Å². The lowest BCUT2D eigenvalue weighted by Crippen LogP contribution is -1.92. The van der Waals surface area contributed by atoms with Gasteiger partial charge >= 0.3 is 0 Å². The highest BCUT2D eigenvalue weighted by Gasteiger charge is 2.07. The Labute approximate surface area is 126 Å². The van der Waals surface area contributed by atoms with Gasteiger partial charge < -0.3 is 4.74 Å². The predicted molar refractivity (Wildman–Crippen MR) is 82.2 cm³/mol. The van der Waals surface area contributed by atoms with Crippen LogP contribution in [0.2, 0.25) is 5.02 Å². The molecule has 1 heterocycles. The number of rotatable bonds is 4. The summed E-state index contributed by atoms with van der Waals surface area (Å²) in [7, 11) is 0. The van der Waals surface area contributed by atoms with Crippen molar-refractivity contribution in [1.82, 2.24) is 4.98 Å². The van der Waals surface area contributed by atoms with Crippen molar-refractivity contribution in [1.29, 1.82) is 0 Å². The number of nitrogens with zero attached hydrogens (tertiary/aromatic N) is 1. The van der Waals surface area contributed by atoms with Crippen molar-refractivity contribution in [2.45, 2.75) is 26.2 Å². The van der Waals surface area contributed by atoms with E-state index in [-0.39, 0.29) is 0 Å². The van der Waals surface area contributed by atoms with Gasteiger partial charge in [0.05, 0.1) is 9.50 Å². The molecule has 0 saturated carbocycles. The number of hydrogen-bond acceptors (Lipinski definition) is 2. The summed E-state index contributed by atoms with van der Waals surface area (Å²) in [5.74, 6) is 1.85. The van der Waals surface area contributed by atoms with Crippen LogP contribution in [0.15, 0.2) is 41.0 Å². The van der Waals surface area contributed by atoms with Crippen LogP contribution in [0.3, 0.4) is 0 Å². The Balaban J connectivity index is 2.15. The Morgan fingerprint density at radius 3 is 2.58 bits per heavy atom. The molecule has 2 rings (SSSR count). The third-order valence-electron chi connectivity index (χ3n) is 3.05. The molecule has 0 spiro atoms. The van der Waals surface area contributed by atoms with Crippen LogP contribution in [-0.4, -0.2) is 4.98 Å². The summed E-state index contributed by atoms with van der Waals surface area (Å²) in [6.07, 6.45) is 2.69. The first-order chi connectivity index (χ1) is 9.10. The topological polar surface area (TPSA) is 22.1 Å². The van der Waals surface area contributed by atoms with E-state index >= 15 is 0 Å². The van der Waals surface area contributed by atoms with Gasteiger partial charge in [-0.2, -0.15) is 0 Å². The lowest BCUT2D eigenvalue weighted by atomic mass is 9.99. The SMILES string of the molecule is CCC(C)c1ccc(Oc2ncc(Cl)cc2Br)cc1. The van der Waals surface area contributed by atoms with E-state index in [0.29, 0.717) is 16.8 Å². The normalized spacial score (nSPS) is 12.2. The third-order valence-corrected chi connectivity index (χ3v) is 3.82. The minimum absolute atomic E-state index is 0.515. The largest absolute Gasteiger partial charge is 0.438 e. The molecule has 0 saturated heterocycles. The lowest BCUT2D eigenvalue weighted by Gasteiger charge is -2.10. The van der Waals surface area contributed by atoms with Gasteiger partial charge in [-0.25, -0.2) is 4.98 Å². The van der Waals surface area contributed by atoms with E-state index in [1.165, 1.54) is 5.56 Å². The molecule has 1 unspecified atom stereocenters. The molecule has 4 heteroatoms. The Hall–Kier alpha value is -1.06. The van der Waals surface area contributed by atoms with Gasteiger partial charge in [-0.1, -0.05) is 37.6 Å². The maximum absolute atomic E-state index is 5.84. The predicted octanol–water partition coefficient (Wildman–Crippen LogP) is 5.80. The minimum atomic E-state index is 0.515. The lowest BCUT2D eigenvalue weighted by molar-refractivity contribution is 0.459. The van der Waals surface area contributed by atoms with Gasteiger partial charge in [0.2, 0.25) is 5.88 Å². The Bertz CT molecular complexity index is 557. The van der Waals surface area contributed by atoms with E-state index in [1.54, 1.807) is 12.3 Å². The molecule has 19 heavy (non-hydrogen) atoms. The zero-order valence-corrected chi connectivity index (χ0v) is 13.2. The van der Waals surface area contributed by atoms with Gasteiger partial charge in [-0.15, -0.1) is 0 Å². The van der Waals surface area contributed by atoms with Crippen molar-refractivity contribution >= 4 is 27.5 Å². The van der Waals surface area contributed by atoms with Gasteiger partial charge in [-0.05, 0) is 52.0 Å². The summed E-state index contributed by atoms with van der Waals surface area (Å²) >= 11 is 9.22. The second kappa shape index (κ2) is 6.40. The molecule has 0 aliphatic rings. The van der Waals surface area contributed by atoms with Crippen molar-refractivity contribution in [2.24, 2.45) is 0 Å². The third kappa shape index (κ3) is 3.71. The van der Waals surface area contributed by atoms with Crippen LogP contribution in [0.1, 0.15) is 31.7 Å². The van der Waals surface area contributed by atoms with Crippen LogP contribution < -0.4 is 4.74 Å². The number of aromatic nitrogens is 1. The van der Waals surface area contributed by atoms with Crippen LogP contribution in [0.4, 0.5) is 0 Å². The summed E-state index contributed by atoms with van der Waals surface area (Å²) in [4.78, 5) is 4.15. The Kier molecular flexibility index (Phi) is 4.83. The molecule has 2 aromatic rings. The highest BCUT2D eigenvalue weighted by Crippen LogP contribution is 2.30. The summed E-state index contributed by atoms with van der Waals surface area (Å²) in [5, 5.41) is 0.575. The van der Waals surface area contributed by atoms with Gasteiger partial charge in [0.15, 0.2) is 0 Å². The molecule has 1 aromatic carbocycles. The quantitative estimate of drug-likeness (QED) is 0.701. The second-order valence-electron chi connectivity index (χ2n) is 4.42. The highest BCUT2D eigenvalue weighted by atomic mass is 79.9. The number of benzene rings is 1. The maximum Gasteiger partial charge on any atom is 0.233 e. The van der Waals surface area contributed by atoms with Gasteiger partial charge in [0, 0.05) is 6.20 Å². The van der Waals surface area contributed by atoms with Crippen LogP contribution in [-0.2, 0) is 0 Å². The first-order valence-electron chi connectivity index (χ1n) is 6.19. The Morgan fingerprint density at radius 1 is 1.32 bits per heavy atom. The molecule has 1 aromatic heterocycles. The molecule has 0 fully saturated rings. The van der Waals surface area contributed by atoms with Gasteiger partial charge in [-0.3, -0.25) is 0 Å². The molecule has 0 aliphatic carbocycles. The summed E-state index contributed by atoms with van der Waals surface area (Å²) in [5.41, 5.74) is 1.32. The zero-order chi connectivity index (χ0) is 13.8. The van der Waals surface area contributed by atoms with Crippen molar-refractivity contribution in [3.05, 3.63) is 51.6 Å². The number of halogens is 2. The van der Waals surface area contributed by atoms with E-state index in [1.807, 2.05) is 12.1 Å². The fourth-order valence-corrected chi connectivity index (χ4v) is 2.41. The van der Waals surface area contributed by atoms with Crippen LogP contribution in [0, 0.1) is 0 Å². The Morgan fingerprint density at radius 2 is 2.00 bits per heavy atom. The monoisotopic (exact) mass is 339 g/mol. The minimum Gasteiger partial charge on any atom is -0.438 e. The van der Waals surface area contributed by atoms with Gasteiger partial charge in [0.1, 0.15) is 5.75 Å². The molecule has 0 N–H and O–H groups in total. The van der Waals surface area contributed by atoms with Crippen LogP contribution in [0.5, 0.6) is 11.6 Å². The second-order valence-corrected chi connectivity index (χ2v) is 5.71. The highest BCUT2D eigenvalue weighted by molar-refractivity contribution is 9.10. The average molecular weight is 341 g/mol. The van der Waals surface area contributed by atoms with E-state index in [9.17, 15) is 0 Å². The summed E-state index contributed by atoms with van der Waals surface area (Å²) in [6, 6.07) is 9.87. The molecule has 0 radical (unpaired) electrons. The fraction of sp³-hybridized carbons (Fsp3) is 0.267. The van der Waals surface area contributed by atoms with Crippen molar-refractivity contribution in [3.63, 3.8) is 0 Å². The van der Waals surface area contributed by atoms with Crippen molar-refractivity contribution in [2.75, 3.05) is 0 Å². The van der Waals surface area contributed by atoms with E-state index in [4.69, 9.17) is 16.3 Å². The summed E-state index contributed by atoms with van der Waals surface area (Å²) < 4.78 is 6.46. The van der Waals surface area contributed by atoms with Crippen LogP contribution in [0.25, 0.3) is 0 Å². The van der Waals surface area contributed by atoms with E-state index in [0.717, 1.165) is 16.6 Å². The molecule has 2 nitrogen and oxygen atoms in total. The van der Waals surface area contributed by atoms with E-state index in [2.05, 4.69) is 46.9 Å². The maximum atomic E-state index is 5.84. The van der Waals surface area contributed by atoms with Crippen LogP contribution >= 0.6 is 27.5 Å². The first-order valence-corrected chi connectivity index (χ1v) is 7.36. The summed E-state index contributed by atoms with van der Waals surface area (Å²) in [6.45, 7) is 4.40. The number of hydrogen-bond donors (Lipinski definition) is 0.